The first-order chi connectivity index (χ1) is 9.66. The van der Waals surface area contributed by atoms with Gasteiger partial charge in [0.05, 0.1) is 10.6 Å². The normalized spacial score (nSPS) is 26.1. The first-order valence-corrected chi connectivity index (χ1v) is 7.67. The summed E-state index contributed by atoms with van der Waals surface area (Å²) in [6.07, 6.45) is 7.99. The zero-order valence-corrected chi connectivity index (χ0v) is 12.1. The van der Waals surface area contributed by atoms with E-state index in [1.807, 2.05) is 0 Å². The number of anilines is 1. The van der Waals surface area contributed by atoms with Crippen LogP contribution in [0.1, 0.15) is 42.5 Å². The standard InChI is InChI=1S/C15H19ClN2O2/c16-13-12(15(19)20)5-7-17-14(13)18-8-6-10-3-1-2-4-11(10)9-18/h5,7,10-11H,1-4,6,8-9H2,(H,19,20). The van der Waals surface area contributed by atoms with E-state index in [4.69, 9.17) is 16.7 Å². The van der Waals surface area contributed by atoms with Gasteiger partial charge in [0.25, 0.3) is 0 Å². The molecule has 2 unspecified atom stereocenters. The van der Waals surface area contributed by atoms with E-state index in [9.17, 15) is 4.79 Å². The number of halogens is 1. The molecule has 2 heterocycles. The average Bonchev–Trinajstić information content (AvgIpc) is 2.46. The van der Waals surface area contributed by atoms with E-state index in [0.29, 0.717) is 11.7 Å². The highest BCUT2D eigenvalue weighted by Crippen LogP contribution is 2.38. The molecule has 1 aliphatic carbocycles. The molecule has 0 aromatic carbocycles. The van der Waals surface area contributed by atoms with Crippen molar-refractivity contribution in [2.24, 2.45) is 11.8 Å². The lowest BCUT2D eigenvalue weighted by Gasteiger charge is -2.42. The molecular weight excluding hydrogens is 276 g/mol. The van der Waals surface area contributed by atoms with E-state index >= 15 is 0 Å². The van der Waals surface area contributed by atoms with Crippen LogP contribution < -0.4 is 4.90 Å². The molecule has 4 nitrogen and oxygen atoms in total. The van der Waals surface area contributed by atoms with Crippen LogP contribution in [-0.4, -0.2) is 29.1 Å². The number of piperidine rings is 1. The second-order valence-electron chi connectivity index (χ2n) is 5.84. The first kappa shape index (κ1) is 13.7. The van der Waals surface area contributed by atoms with Gasteiger partial charge in [0, 0.05) is 19.3 Å². The van der Waals surface area contributed by atoms with Crippen LogP contribution >= 0.6 is 11.6 Å². The third kappa shape index (κ3) is 2.49. The Hall–Kier alpha value is -1.29. The van der Waals surface area contributed by atoms with Gasteiger partial charge < -0.3 is 10.0 Å². The van der Waals surface area contributed by atoms with Crippen LogP contribution in [0.5, 0.6) is 0 Å². The smallest absolute Gasteiger partial charge is 0.337 e. The summed E-state index contributed by atoms with van der Waals surface area (Å²) in [7, 11) is 0. The number of pyridine rings is 1. The van der Waals surface area contributed by atoms with Gasteiger partial charge in [-0.15, -0.1) is 0 Å². The van der Waals surface area contributed by atoms with Crippen LogP contribution in [0, 0.1) is 11.8 Å². The fourth-order valence-electron chi connectivity index (χ4n) is 3.61. The number of nitrogens with zero attached hydrogens (tertiary/aromatic N) is 2. The number of fused-ring (bicyclic) bond motifs is 1. The molecule has 20 heavy (non-hydrogen) atoms. The van der Waals surface area contributed by atoms with Gasteiger partial charge in [-0.3, -0.25) is 0 Å². The maximum atomic E-state index is 11.2. The zero-order chi connectivity index (χ0) is 14.1. The van der Waals surface area contributed by atoms with Gasteiger partial charge >= 0.3 is 5.97 Å². The summed E-state index contributed by atoms with van der Waals surface area (Å²) in [5.41, 5.74) is 0.141. The van der Waals surface area contributed by atoms with E-state index in [1.165, 1.54) is 44.4 Å². The Morgan fingerprint density at radius 1 is 1.30 bits per heavy atom. The second-order valence-corrected chi connectivity index (χ2v) is 6.22. The molecule has 1 saturated heterocycles. The van der Waals surface area contributed by atoms with E-state index in [1.54, 1.807) is 0 Å². The minimum absolute atomic E-state index is 0.141. The molecule has 0 bridgehead atoms. The summed E-state index contributed by atoms with van der Waals surface area (Å²) in [6.45, 7) is 1.89. The largest absolute Gasteiger partial charge is 0.478 e. The van der Waals surface area contributed by atoms with E-state index in [0.717, 1.165) is 19.0 Å². The Kier molecular flexibility index (Phi) is 3.83. The highest BCUT2D eigenvalue weighted by atomic mass is 35.5. The maximum Gasteiger partial charge on any atom is 0.337 e. The van der Waals surface area contributed by atoms with Gasteiger partial charge in [0.1, 0.15) is 5.82 Å². The monoisotopic (exact) mass is 294 g/mol. The lowest BCUT2D eigenvalue weighted by Crippen LogP contribution is -2.42. The molecule has 1 saturated carbocycles. The van der Waals surface area contributed by atoms with Crippen molar-refractivity contribution in [1.29, 1.82) is 0 Å². The van der Waals surface area contributed by atoms with Crippen molar-refractivity contribution in [2.75, 3.05) is 18.0 Å². The van der Waals surface area contributed by atoms with Crippen molar-refractivity contribution in [3.8, 4) is 0 Å². The minimum Gasteiger partial charge on any atom is -0.478 e. The third-order valence-electron chi connectivity index (χ3n) is 4.69. The SMILES string of the molecule is O=C(O)c1ccnc(N2CCC3CCCCC3C2)c1Cl. The van der Waals surface area contributed by atoms with Gasteiger partial charge in [-0.2, -0.15) is 0 Å². The number of rotatable bonds is 2. The van der Waals surface area contributed by atoms with Crippen LogP contribution in [0.4, 0.5) is 5.82 Å². The molecule has 5 heteroatoms. The van der Waals surface area contributed by atoms with Crippen molar-refractivity contribution in [2.45, 2.75) is 32.1 Å². The van der Waals surface area contributed by atoms with Gasteiger partial charge in [-0.1, -0.05) is 30.9 Å². The van der Waals surface area contributed by atoms with Crippen LogP contribution in [0.2, 0.25) is 5.02 Å². The summed E-state index contributed by atoms with van der Waals surface area (Å²) in [6, 6.07) is 1.46. The van der Waals surface area contributed by atoms with Crippen molar-refractivity contribution in [3.63, 3.8) is 0 Å². The Balaban J connectivity index is 1.83. The molecule has 2 fully saturated rings. The molecule has 1 aliphatic heterocycles. The second kappa shape index (κ2) is 5.60. The van der Waals surface area contributed by atoms with Crippen LogP contribution in [0.25, 0.3) is 0 Å². The average molecular weight is 295 g/mol. The summed E-state index contributed by atoms with van der Waals surface area (Å²) in [4.78, 5) is 17.6. The van der Waals surface area contributed by atoms with Gasteiger partial charge in [-0.25, -0.2) is 9.78 Å². The highest BCUT2D eigenvalue weighted by molar-refractivity contribution is 6.35. The number of hydrogen-bond acceptors (Lipinski definition) is 3. The molecule has 1 N–H and O–H groups in total. The summed E-state index contributed by atoms with van der Waals surface area (Å²) in [5, 5.41) is 9.42. The zero-order valence-electron chi connectivity index (χ0n) is 11.4. The fourth-order valence-corrected chi connectivity index (χ4v) is 3.92. The predicted molar refractivity (Wildman–Crippen MR) is 78.5 cm³/mol. The maximum absolute atomic E-state index is 11.2. The number of aromatic nitrogens is 1. The van der Waals surface area contributed by atoms with Crippen LogP contribution in [0.15, 0.2) is 12.3 Å². The van der Waals surface area contributed by atoms with Crippen molar-refractivity contribution in [1.82, 2.24) is 4.98 Å². The van der Waals surface area contributed by atoms with Crippen LogP contribution in [0.3, 0.4) is 0 Å². The summed E-state index contributed by atoms with van der Waals surface area (Å²) >= 11 is 6.23. The highest BCUT2D eigenvalue weighted by Gasteiger charge is 2.32. The van der Waals surface area contributed by atoms with Crippen molar-refractivity contribution < 1.29 is 9.90 Å². The lowest BCUT2D eigenvalue weighted by atomic mass is 9.75. The molecule has 0 amide bonds. The van der Waals surface area contributed by atoms with E-state index in [-0.39, 0.29) is 10.6 Å². The number of carbonyl (C=O) groups is 1. The van der Waals surface area contributed by atoms with Gasteiger partial charge in [-0.05, 0) is 30.7 Å². The predicted octanol–water partition coefficient (Wildman–Crippen LogP) is 3.45. The Bertz CT molecular complexity index is 521. The van der Waals surface area contributed by atoms with Crippen molar-refractivity contribution in [3.05, 3.63) is 22.8 Å². The molecule has 1 aromatic rings. The molecule has 2 aliphatic rings. The molecular formula is C15H19ClN2O2. The number of carboxylic acids is 1. The summed E-state index contributed by atoms with van der Waals surface area (Å²) in [5.74, 6) is 1.19. The minimum atomic E-state index is -0.994. The molecule has 3 rings (SSSR count). The van der Waals surface area contributed by atoms with E-state index < -0.39 is 5.97 Å². The molecule has 0 spiro atoms. The fraction of sp³-hybridized carbons (Fsp3) is 0.600. The summed E-state index contributed by atoms with van der Waals surface area (Å²) < 4.78 is 0. The van der Waals surface area contributed by atoms with Crippen molar-refractivity contribution >= 4 is 23.4 Å². The van der Waals surface area contributed by atoms with Crippen LogP contribution in [-0.2, 0) is 0 Å². The Labute approximate surface area is 123 Å². The topological polar surface area (TPSA) is 53.4 Å². The molecule has 1 aromatic heterocycles. The first-order valence-electron chi connectivity index (χ1n) is 7.29. The van der Waals surface area contributed by atoms with Gasteiger partial charge in [0.2, 0.25) is 0 Å². The quantitative estimate of drug-likeness (QED) is 0.908. The molecule has 108 valence electrons. The van der Waals surface area contributed by atoms with Gasteiger partial charge in [0.15, 0.2) is 0 Å². The molecule has 0 radical (unpaired) electrons. The lowest BCUT2D eigenvalue weighted by molar-refractivity contribution is 0.0697. The third-order valence-corrected chi connectivity index (χ3v) is 5.06. The Morgan fingerprint density at radius 2 is 2.05 bits per heavy atom. The number of carboxylic acid groups (broad SMARTS) is 1. The Morgan fingerprint density at radius 3 is 2.80 bits per heavy atom. The number of hydrogen-bond donors (Lipinski definition) is 1. The molecule has 2 atom stereocenters. The van der Waals surface area contributed by atoms with E-state index in [2.05, 4.69) is 9.88 Å². The number of aromatic carboxylic acids is 1.